The van der Waals surface area contributed by atoms with Gasteiger partial charge in [0, 0.05) is 31.0 Å². The maximum atomic E-state index is 5.96. The van der Waals surface area contributed by atoms with Gasteiger partial charge in [0.1, 0.15) is 0 Å². The van der Waals surface area contributed by atoms with Gasteiger partial charge in [0.25, 0.3) is 0 Å². The Morgan fingerprint density at radius 3 is 2.58 bits per heavy atom. The first-order chi connectivity index (χ1) is 9.06. The van der Waals surface area contributed by atoms with Crippen molar-refractivity contribution in [2.75, 3.05) is 12.8 Å². The Morgan fingerprint density at radius 1 is 1.21 bits per heavy atom. The Labute approximate surface area is 114 Å². The standard InChI is InChI=1S/C15H22N4/c1-12(2)19-9-8-14(17-19)11-18(3)10-13-6-4-5-7-15(13)16/h4-9,12H,10-11,16H2,1-3H3. The molecule has 0 aliphatic rings. The summed E-state index contributed by atoms with van der Waals surface area (Å²) in [6, 6.07) is 10.5. The first-order valence-corrected chi connectivity index (χ1v) is 6.62. The van der Waals surface area contributed by atoms with Crippen LogP contribution in [0.2, 0.25) is 0 Å². The van der Waals surface area contributed by atoms with Gasteiger partial charge in [-0.25, -0.2) is 0 Å². The SMILES string of the molecule is CC(C)n1ccc(CN(C)Cc2ccccc2N)n1. The van der Waals surface area contributed by atoms with E-state index in [2.05, 4.69) is 43.0 Å². The molecule has 0 aliphatic heterocycles. The topological polar surface area (TPSA) is 47.1 Å². The van der Waals surface area contributed by atoms with Gasteiger partial charge in [-0.05, 0) is 38.6 Å². The number of nitrogens with two attached hydrogens (primary N) is 1. The van der Waals surface area contributed by atoms with E-state index < -0.39 is 0 Å². The molecule has 0 bridgehead atoms. The summed E-state index contributed by atoms with van der Waals surface area (Å²) in [6.07, 6.45) is 2.03. The maximum absolute atomic E-state index is 5.96. The highest BCUT2D eigenvalue weighted by atomic mass is 15.3. The van der Waals surface area contributed by atoms with Crippen LogP contribution < -0.4 is 5.73 Å². The molecule has 4 heteroatoms. The van der Waals surface area contributed by atoms with Gasteiger partial charge >= 0.3 is 0 Å². The van der Waals surface area contributed by atoms with Gasteiger partial charge in [0.2, 0.25) is 0 Å². The third kappa shape index (κ3) is 3.58. The average Bonchev–Trinajstić information content (AvgIpc) is 2.80. The van der Waals surface area contributed by atoms with Crippen molar-refractivity contribution in [1.29, 1.82) is 0 Å². The second kappa shape index (κ2) is 5.89. The predicted octanol–water partition coefficient (Wildman–Crippen LogP) is 2.68. The van der Waals surface area contributed by atoms with E-state index in [1.54, 1.807) is 0 Å². The Balaban J connectivity index is 1.97. The minimum Gasteiger partial charge on any atom is -0.398 e. The van der Waals surface area contributed by atoms with Crippen LogP contribution in [-0.4, -0.2) is 21.7 Å². The summed E-state index contributed by atoms with van der Waals surface area (Å²) in [7, 11) is 2.08. The van der Waals surface area contributed by atoms with Gasteiger partial charge < -0.3 is 5.73 Å². The average molecular weight is 258 g/mol. The highest BCUT2D eigenvalue weighted by Gasteiger charge is 2.07. The number of nitrogens with zero attached hydrogens (tertiary/aromatic N) is 3. The molecule has 1 aromatic carbocycles. The van der Waals surface area contributed by atoms with Gasteiger partial charge in [-0.2, -0.15) is 5.10 Å². The number of aromatic nitrogens is 2. The minimum atomic E-state index is 0.406. The molecular weight excluding hydrogens is 236 g/mol. The molecule has 19 heavy (non-hydrogen) atoms. The zero-order chi connectivity index (χ0) is 13.8. The lowest BCUT2D eigenvalue weighted by Gasteiger charge is -2.16. The van der Waals surface area contributed by atoms with Gasteiger partial charge in [-0.1, -0.05) is 18.2 Å². The predicted molar refractivity (Wildman–Crippen MR) is 78.6 cm³/mol. The molecule has 1 aromatic heterocycles. The van der Waals surface area contributed by atoms with Crippen LogP contribution in [0.4, 0.5) is 5.69 Å². The highest BCUT2D eigenvalue weighted by molar-refractivity contribution is 5.46. The van der Waals surface area contributed by atoms with E-state index >= 15 is 0 Å². The van der Waals surface area contributed by atoms with E-state index in [-0.39, 0.29) is 0 Å². The molecule has 102 valence electrons. The third-order valence-electron chi connectivity index (χ3n) is 3.12. The number of nitrogen functional groups attached to an aromatic ring is 1. The molecule has 0 spiro atoms. The third-order valence-corrected chi connectivity index (χ3v) is 3.12. The normalized spacial score (nSPS) is 11.4. The lowest BCUT2D eigenvalue weighted by Crippen LogP contribution is -2.18. The number of benzene rings is 1. The van der Waals surface area contributed by atoms with Crippen LogP contribution >= 0.6 is 0 Å². The van der Waals surface area contributed by atoms with Gasteiger partial charge in [-0.3, -0.25) is 9.58 Å². The fourth-order valence-corrected chi connectivity index (χ4v) is 2.05. The molecule has 0 fully saturated rings. The van der Waals surface area contributed by atoms with E-state index in [9.17, 15) is 0 Å². The van der Waals surface area contributed by atoms with E-state index in [1.807, 2.05) is 29.1 Å². The zero-order valence-corrected chi connectivity index (χ0v) is 11.9. The largest absolute Gasteiger partial charge is 0.398 e. The second-order valence-electron chi connectivity index (χ2n) is 5.25. The summed E-state index contributed by atoms with van der Waals surface area (Å²) < 4.78 is 1.99. The summed E-state index contributed by atoms with van der Waals surface area (Å²) in [5.74, 6) is 0. The number of hydrogen-bond acceptors (Lipinski definition) is 3. The monoisotopic (exact) mass is 258 g/mol. The van der Waals surface area contributed by atoms with Crippen molar-refractivity contribution in [3.8, 4) is 0 Å². The molecule has 1 heterocycles. The molecule has 0 amide bonds. The van der Waals surface area contributed by atoms with Gasteiger partial charge in [0.15, 0.2) is 0 Å². The summed E-state index contributed by atoms with van der Waals surface area (Å²) in [6.45, 7) is 5.92. The zero-order valence-electron chi connectivity index (χ0n) is 11.9. The van der Waals surface area contributed by atoms with Crippen LogP contribution in [-0.2, 0) is 13.1 Å². The first kappa shape index (κ1) is 13.6. The molecule has 0 aliphatic carbocycles. The highest BCUT2D eigenvalue weighted by Crippen LogP contribution is 2.14. The van der Waals surface area contributed by atoms with E-state index in [0.717, 1.165) is 30.0 Å². The lowest BCUT2D eigenvalue weighted by molar-refractivity contribution is 0.313. The number of hydrogen-bond donors (Lipinski definition) is 1. The van der Waals surface area contributed by atoms with Crippen LogP contribution in [0.1, 0.15) is 31.1 Å². The van der Waals surface area contributed by atoms with Gasteiger partial charge in [-0.15, -0.1) is 0 Å². The summed E-state index contributed by atoms with van der Waals surface area (Å²) in [5.41, 5.74) is 9.06. The Bertz CT molecular complexity index is 530. The fraction of sp³-hybridized carbons (Fsp3) is 0.400. The molecule has 0 saturated carbocycles. The van der Waals surface area contributed by atoms with Crippen molar-refractivity contribution in [3.05, 3.63) is 47.8 Å². The van der Waals surface area contributed by atoms with Crippen LogP contribution in [0, 0.1) is 0 Å². The quantitative estimate of drug-likeness (QED) is 0.839. The Hall–Kier alpha value is -1.81. The van der Waals surface area contributed by atoms with Crippen molar-refractivity contribution in [3.63, 3.8) is 0 Å². The first-order valence-electron chi connectivity index (χ1n) is 6.62. The maximum Gasteiger partial charge on any atom is 0.0764 e. The molecule has 0 saturated heterocycles. The minimum absolute atomic E-state index is 0.406. The second-order valence-corrected chi connectivity index (χ2v) is 5.25. The van der Waals surface area contributed by atoms with Crippen LogP contribution in [0.3, 0.4) is 0 Å². The summed E-state index contributed by atoms with van der Waals surface area (Å²) >= 11 is 0. The van der Waals surface area contributed by atoms with Crippen molar-refractivity contribution in [1.82, 2.24) is 14.7 Å². The molecule has 2 aromatic rings. The van der Waals surface area contributed by atoms with Gasteiger partial charge in [0.05, 0.1) is 5.69 Å². The molecule has 2 N–H and O–H groups in total. The van der Waals surface area contributed by atoms with Crippen molar-refractivity contribution in [2.45, 2.75) is 33.0 Å². The Kier molecular flexibility index (Phi) is 4.22. The van der Waals surface area contributed by atoms with Crippen molar-refractivity contribution >= 4 is 5.69 Å². The van der Waals surface area contributed by atoms with E-state index in [1.165, 1.54) is 0 Å². The number of rotatable bonds is 5. The van der Waals surface area contributed by atoms with Crippen molar-refractivity contribution < 1.29 is 0 Å². The molecule has 4 nitrogen and oxygen atoms in total. The Morgan fingerprint density at radius 2 is 1.95 bits per heavy atom. The van der Waals surface area contributed by atoms with E-state index in [4.69, 9.17) is 5.73 Å². The van der Waals surface area contributed by atoms with Crippen LogP contribution in [0.15, 0.2) is 36.5 Å². The molecular formula is C15H22N4. The molecule has 0 unspecified atom stereocenters. The molecule has 0 radical (unpaired) electrons. The lowest BCUT2D eigenvalue weighted by atomic mass is 10.1. The molecule has 2 rings (SSSR count). The smallest absolute Gasteiger partial charge is 0.0764 e. The fourth-order valence-electron chi connectivity index (χ4n) is 2.05. The summed E-state index contributed by atoms with van der Waals surface area (Å²) in [5, 5.41) is 4.56. The van der Waals surface area contributed by atoms with Crippen LogP contribution in [0.25, 0.3) is 0 Å². The number of anilines is 1. The van der Waals surface area contributed by atoms with Crippen molar-refractivity contribution in [2.24, 2.45) is 0 Å². The van der Waals surface area contributed by atoms with E-state index in [0.29, 0.717) is 6.04 Å². The summed E-state index contributed by atoms with van der Waals surface area (Å²) in [4.78, 5) is 2.22. The molecule has 0 atom stereocenters. The number of para-hydroxylation sites is 1. The van der Waals surface area contributed by atoms with Crippen LogP contribution in [0.5, 0.6) is 0 Å².